The van der Waals surface area contributed by atoms with E-state index >= 15 is 0 Å². The zero-order chi connectivity index (χ0) is 24.0. The zero-order valence-corrected chi connectivity index (χ0v) is 20.7. The molecule has 0 bridgehead atoms. The number of carbonyl (C=O) groups is 2. The zero-order valence-electron chi connectivity index (χ0n) is 20.7. The molecule has 1 spiro atoms. The summed E-state index contributed by atoms with van der Waals surface area (Å²) in [5.74, 6) is 0.307. The number of piperidine rings is 2. The van der Waals surface area contributed by atoms with Crippen LogP contribution >= 0.6 is 0 Å². The monoisotopic (exact) mass is 461 g/mol. The molecule has 1 unspecified atom stereocenters. The molecule has 2 heterocycles. The van der Waals surface area contributed by atoms with Gasteiger partial charge in [-0.3, -0.25) is 9.59 Å². The summed E-state index contributed by atoms with van der Waals surface area (Å²) >= 11 is 0. The minimum Gasteiger partial charge on any atom is -0.352 e. The molecule has 3 aliphatic rings. The number of aryl methyl sites for hydroxylation is 1. The van der Waals surface area contributed by atoms with Crippen LogP contribution in [0.3, 0.4) is 0 Å². The normalized spacial score (nSPS) is 20.8. The molecule has 1 aliphatic carbocycles. The highest BCUT2D eigenvalue weighted by molar-refractivity contribution is 5.94. The number of hydrogen-bond acceptors (Lipinski definition) is 3. The van der Waals surface area contributed by atoms with Gasteiger partial charge in [-0.15, -0.1) is 0 Å². The molecular weight excluding hydrogens is 422 g/mol. The summed E-state index contributed by atoms with van der Waals surface area (Å²) in [6.07, 6.45) is 6.49. The molecule has 2 aromatic rings. The molecule has 34 heavy (non-hydrogen) atoms. The van der Waals surface area contributed by atoms with Gasteiger partial charge >= 0.3 is 0 Å². The quantitative estimate of drug-likeness (QED) is 0.707. The van der Waals surface area contributed by atoms with Crippen molar-refractivity contribution in [2.75, 3.05) is 26.2 Å². The van der Waals surface area contributed by atoms with Gasteiger partial charge in [0.25, 0.3) is 5.91 Å². The first-order chi connectivity index (χ1) is 16.6. The molecule has 1 atom stereocenters. The first kappa shape index (κ1) is 24.5. The number of amides is 2. The number of hydrogen-bond donors (Lipinski definition) is 2. The second-order valence-corrected chi connectivity index (χ2v) is 9.69. The lowest BCUT2D eigenvalue weighted by atomic mass is 9.74. The van der Waals surface area contributed by atoms with E-state index in [2.05, 4.69) is 34.9 Å². The number of fused-ring (bicyclic) bond motifs is 2. The Labute approximate surface area is 204 Å². The largest absolute Gasteiger partial charge is 0.352 e. The molecule has 2 aliphatic heterocycles. The van der Waals surface area contributed by atoms with Gasteiger partial charge in [0.05, 0.1) is 5.92 Å². The van der Waals surface area contributed by atoms with Crippen molar-refractivity contribution in [1.82, 2.24) is 15.5 Å². The van der Waals surface area contributed by atoms with E-state index in [9.17, 15) is 9.59 Å². The predicted molar refractivity (Wildman–Crippen MR) is 137 cm³/mol. The van der Waals surface area contributed by atoms with E-state index in [1.54, 1.807) is 0 Å². The summed E-state index contributed by atoms with van der Waals surface area (Å²) in [6.45, 7) is 7.92. The smallest absolute Gasteiger partial charge is 0.253 e. The maximum Gasteiger partial charge on any atom is 0.253 e. The average molecular weight is 462 g/mol. The molecule has 2 saturated heterocycles. The van der Waals surface area contributed by atoms with Gasteiger partial charge in [0.15, 0.2) is 0 Å². The van der Waals surface area contributed by atoms with E-state index in [4.69, 9.17) is 0 Å². The highest BCUT2D eigenvalue weighted by Gasteiger charge is 2.41. The molecule has 5 rings (SSSR count). The SMILES string of the molecule is CC.O=C(NCc1ccc(C(=O)N2CCC3(CCc4ccccc43)CC2)cc1)C1CCCNC1. The lowest BCUT2D eigenvalue weighted by Crippen LogP contribution is -2.44. The minimum atomic E-state index is 0.0684. The van der Waals surface area contributed by atoms with Crippen LogP contribution in [-0.2, 0) is 23.2 Å². The van der Waals surface area contributed by atoms with Crippen LogP contribution in [0.5, 0.6) is 0 Å². The first-order valence-electron chi connectivity index (χ1n) is 13.1. The molecular formula is C29H39N3O2. The Kier molecular flexibility index (Phi) is 8.04. The summed E-state index contributed by atoms with van der Waals surface area (Å²) < 4.78 is 0. The number of rotatable bonds is 4. The fraction of sp³-hybridized carbons (Fsp3) is 0.517. The number of benzene rings is 2. The van der Waals surface area contributed by atoms with E-state index in [1.165, 1.54) is 24.0 Å². The van der Waals surface area contributed by atoms with Crippen molar-refractivity contribution < 1.29 is 9.59 Å². The van der Waals surface area contributed by atoms with Crippen LogP contribution in [-0.4, -0.2) is 42.9 Å². The molecule has 0 saturated carbocycles. The van der Waals surface area contributed by atoms with Crippen molar-refractivity contribution in [2.24, 2.45) is 5.92 Å². The van der Waals surface area contributed by atoms with Crippen molar-refractivity contribution in [2.45, 2.75) is 64.3 Å². The van der Waals surface area contributed by atoms with Crippen LogP contribution in [0.2, 0.25) is 0 Å². The van der Waals surface area contributed by atoms with Crippen molar-refractivity contribution in [1.29, 1.82) is 0 Å². The Morgan fingerprint density at radius 2 is 1.76 bits per heavy atom. The Hall–Kier alpha value is -2.66. The highest BCUT2D eigenvalue weighted by atomic mass is 16.2. The van der Waals surface area contributed by atoms with Gasteiger partial charge in [0.2, 0.25) is 5.91 Å². The van der Waals surface area contributed by atoms with Gasteiger partial charge < -0.3 is 15.5 Å². The summed E-state index contributed by atoms with van der Waals surface area (Å²) in [5, 5.41) is 6.33. The molecule has 0 radical (unpaired) electrons. The van der Waals surface area contributed by atoms with Gasteiger partial charge in [-0.25, -0.2) is 0 Å². The molecule has 2 amide bonds. The van der Waals surface area contributed by atoms with Crippen molar-refractivity contribution in [3.63, 3.8) is 0 Å². The van der Waals surface area contributed by atoms with E-state index in [0.717, 1.165) is 63.0 Å². The first-order valence-corrected chi connectivity index (χ1v) is 13.1. The Morgan fingerprint density at radius 1 is 1.03 bits per heavy atom. The van der Waals surface area contributed by atoms with Crippen molar-refractivity contribution in [3.05, 3.63) is 70.8 Å². The van der Waals surface area contributed by atoms with Crippen LogP contribution in [0.1, 0.15) is 73.0 Å². The molecule has 2 aromatic carbocycles. The van der Waals surface area contributed by atoms with E-state index in [0.29, 0.717) is 6.54 Å². The number of carbonyl (C=O) groups excluding carboxylic acids is 2. The molecule has 182 valence electrons. The Morgan fingerprint density at radius 3 is 2.47 bits per heavy atom. The molecule has 5 heteroatoms. The molecule has 2 N–H and O–H groups in total. The molecule has 0 aromatic heterocycles. The number of nitrogens with one attached hydrogen (secondary N) is 2. The van der Waals surface area contributed by atoms with Gasteiger partial charge in [0.1, 0.15) is 0 Å². The lowest BCUT2D eigenvalue weighted by Gasteiger charge is -2.40. The second kappa shape index (κ2) is 11.2. The molecule has 2 fully saturated rings. The number of nitrogens with zero attached hydrogens (tertiary/aromatic N) is 1. The van der Waals surface area contributed by atoms with E-state index in [1.807, 2.05) is 43.0 Å². The van der Waals surface area contributed by atoms with Gasteiger partial charge in [-0.2, -0.15) is 0 Å². The minimum absolute atomic E-state index is 0.0684. The van der Waals surface area contributed by atoms with Crippen LogP contribution < -0.4 is 10.6 Å². The summed E-state index contributed by atoms with van der Waals surface area (Å²) in [4.78, 5) is 27.4. The second-order valence-electron chi connectivity index (χ2n) is 9.69. The van der Waals surface area contributed by atoms with Gasteiger partial charge in [-0.05, 0) is 79.3 Å². The summed E-state index contributed by atoms with van der Waals surface area (Å²) in [5.41, 5.74) is 5.04. The van der Waals surface area contributed by atoms with Crippen molar-refractivity contribution >= 4 is 11.8 Å². The predicted octanol–water partition coefficient (Wildman–Crippen LogP) is 4.45. The standard InChI is InChI=1S/C27H33N3O2.C2H6/c31-25(23-5-3-15-28-19-23)29-18-20-7-9-22(10-8-20)26(32)30-16-13-27(14-17-30)12-11-21-4-1-2-6-24(21)27;1-2/h1-2,4,6-10,23,28H,3,5,11-19H2,(H,29,31);1-2H3. The Balaban J connectivity index is 0.00000133. The highest BCUT2D eigenvalue weighted by Crippen LogP contribution is 2.46. The van der Waals surface area contributed by atoms with Crippen LogP contribution in [0, 0.1) is 5.92 Å². The maximum atomic E-state index is 13.1. The summed E-state index contributed by atoms with van der Waals surface area (Å²) in [7, 11) is 0. The third-order valence-corrected chi connectivity index (χ3v) is 7.80. The maximum absolute atomic E-state index is 13.1. The van der Waals surface area contributed by atoms with Crippen LogP contribution in [0.25, 0.3) is 0 Å². The van der Waals surface area contributed by atoms with E-state index < -0.39 is 0 Å². The lowest BCUT2D eigenvalue weighted by molar-refractivity contribution is -0.125. The van der Waals surface area contributed by atoms with Gasteiger partial charge in [-0.1, -0.05) is 50.2 Å². The third kappa shape index (κ3) is 5.20. The third-order valence-electron chi connectivity index (χ3n) is 7.80. The van der Waals surface area contributed by atoms with Crippen molar-refractivity contribution in [3.8, 4) is 0 Å². The van der Waals surface area contributed by atoms with Crippen LogP contribution in [0.4, 0.5) is 0 Å². The topological polar surface area (TPSA) is 61.4 Å². The fourth-order valence-electron chi connectivity index (χ4n) is 5.78. The van der Waals surface area contributed by atoms with Gasteiger partial charge in [0, 0.05) is 31.7 Å². The average Bonchev–Trinajstić information content (AvgIpc) is 3.27. The van der Waals surface area contributed by atoms with Crippen LogP contribution in [0.15, 0.2) is 48.5 Å². The summed E-state index contributed by atoms with van der Waals surface area (Å²) in [6, 6.07) is 16.6. The number of likely N-dealkylation sites (tertiary alicyclic amines) is 1. The Bertz CT molecular complexity index is 971. The fourth-order valence-corrected chi connectivity index (χ4v) is 5.78. The van der Waals surface area contributed by atoms with E-state index in [-0.39, 0.29) is 23.1 Å². The molecule has 5 nitrogen and oxygen atoms in total.